The van der Waals surface area contributed by atoms with Crippen molar-refractivity contribution in [3.63, 3.8) is 0 Å². The SMILES string of the molecule is CCC(Sc1cc(C)c2cccc(C)c2n1)C(=O)Nc1ccc(C)c(Cl)c1. The van der Waals surface area contributed by atoms with E-state index < -0.39 is 0 Å². The molecule has 1 atom stereocenters. The smallest absolute Gasteiger partial charge is 0.237 e. The van der Waals surface area contributed by atoms with Crippen molar-refractivity contribution in [2.45, 2.75) is 44.4 Å². The molecule has 1 aromatic heterocycles. The van der Waals surface area contributed by atoms with Crippen molar-refractivity contribution in [3.8, 4) is 0 Å². The van der Waals surface area contributed by atoms with Gasteiger partial charge >= 0.3 is 0 Å². The number of halogens is 1. The second-order valence-corrected chi connectivity index (χ2v) is 8.35. The van der Waals surface area contributed by atoms with Crippen LogP contribution in [0.5, 0.6) is 0 Å². The van der Waals surface area contributed by atoms with E-state index in [2.05, 4.69) is 37.4 Å². The van der Waals surface area contributed by atoms with E-state index in [1.807, 2.05) is 32.0 Å². The summed E-state index contributed by atoms with van der Waals surface area (Å²) < 4.78 is 0. The van der Waals surface area contributed by atoms with Gasteiger partial charge in [0.15, 0.2) is 0 Å². The average Bonchev–Trinajstić information content (AvgIpc) is 2.63. The first-order valence-corrected chi connectivity index (χ1v) is 10.3. The van der Waals surface area contributed by atoms with Gasteiger partial charge in [-0.1, -0.05) is 54.6 Å². The fraction of sp³-hybridized carbons (Fsp3) is 0.273. The lowest BCUT2D eigenvalue weighted by atomic mass is 10.1. The summed E-state index contributed by atoms with van der Waals surface area (Å²) in [5, 5.41) is 5.43. The Hall–Kier alpha value is -2.04. The largest absolute Gasteiger partial charge is 0.325 e. The minimum absolute atomic E-state index is 0.0354. The highest BCUT2D eigenvalue weighted by Crippen LogP contribution is 2.30. The fourth-order valence-corrected chi connectivity index (χ4v) is 4.15. The van der Waals surface area contributed by atoms with E-state index >= 15 is 0 Å². The molecule has 0 aliphatic heterocycles. The molecule has 5 heteroatoms. The third kappa shape index (κ3) is 4.45. The van der Waals surface area contributed by atoms with Crippen LogP contribution in [0.3, 0.4) is 0 Å². The summed E-state index contributed by atoms with van der Waals surface area (Å²) in [7, 11) is 0. The number of anilines is 1. The number of nitrogens with one attached hydrogen (secondary N) is 1. The van der Waals surface area contributed by atoms with Gasteiger partial charge in [0.2, 0.25) is 5.91 Å². The molecule has 2 aromatic carbocycles. The molecular formula is C22H23ClN2OS. The molecule has 1 amide bonds. The summed E-state index contributed by atoms with van der Waals surface area (Å²) in [6.45, 7) is 8.10. The summed E-state index contributed by atoms with van der Waals surface area (Å²) >= 11 is 7.67. The number of fused-ring (bicyclic) bond motifs is 1. The highest BCUT2D eigenvalue weighted by Gasteiger charge is 2.20. The minimum atomic E-state index is -0.224. The number of aromatic nitrogens is 1. The average molecular weight is 399 g/mol. The van der Waals surface area contributed by atoms with Crippen LogP contribution in [0.1, 0.15) is 30.0 Å². The van der Waals surface area contributed by atoms with E-state index in [0.29, 0.717) is 17.1 Å². The molecule has 0 fully saturated rings. The van der Waals surface area contributed by atoms with E-state index in [1.165, 1.54) is 17.3 Å². The lowest BCUT2D eigenvalue weighted by molar-refractivity contribution is -0.115. The molecule has 1 unspecified atom stereocenters. The Morgan fingerprint density at radius 2 is 1.89 bits per heavy atom. The number of amides is 1. The number of aryl methyl sites for hydroxylation is 3. The van der Waals surface area contributed by atoms with Crippen molar-refractivity contribution in [2.75, 3.05) is 5.32 Å². The van der Waals surface area contributed by atoms with Crippen molar-refractivity contribution < 1.29 is 4.79 Å². The Kier molecular flexibility index (Phi) is 6.08. The van der Waals surface area contributed by atoms with Crippen molar-refractivity contribution in [2.24, 2.45) is 0 Å². The summed E-state index contributed by atoms with van der Waals surface area (Å²) in [6.07, 6.45) is 0.711. The first-order chi connectivity index (χ1) is 12.9. The quantitative estimate of drug-likeness (QED) is 0.511. The molecule has 0 aliphatic carbocycles. The standard InChI is InChI=1S/C22H23ClN2OS/c1-5-19(22(26)24-16-10-9-13(2)18(23)12-16)27-20-11-15(4)17-8-6-7-14(3)21(17)25-20/h6-12,19H,5H2,1-4H3,(H,24,26). The van der Waals surface area contributed by atoms with Gasteiger partial charge in [0, 0.05) is 16.1 Å². The van der Waals surface area contributed by atoms with E-state index in [4.69, 9.17) is 16.6 Å². The Morgan fingerprint density at radius 1 is 1.11 bits per heavy atom. The number of thioether (sulfide) groups is 1. The molecule has 0 spiro atoms. The zero-order valence-electron chi connectivity index (χ0n) is 16.0. The highest BCUT2D eigenvalue weighted by atomic mass is 35.5. The molecular weight excluding hydrogens is 376 g/mol. The van der Waals surface area contributed by atoms with Crippen LogP contribution in [0.25, 0.3) is 10.9 Å². The Balaban J connectivity index is 1.82. The molecule has 0 radical (unpaired) electrons. The van der Waals surface area contributed by atoms with Gasteiger partial charge in [0.25, 0.3) is 0 Å². The molecule has 1 N–H and O–H groups in total. The number of hydrogen-bond acceptors (Lipinski definition) is 3. The highest BCUT2D eigenvalue weighted by molar-refractivity contribution is 8.00. The molecule has 3 nitrogen and oxygen atoms in total. The van der Waals surface area contributed by atoms with Gasteiger partial charge in [-0.25, -0.2) is 4.98 Å². The number of para-hydroxylation sites is 1. The lowest BCUT2D eigenvalue weighted by Crippen LogP contribution is -2.24. The first-order valence-electron chi connectivity index (χ1n) is 8.99. The number of nitrogens with zero attached hydrogens (tertiary/aromatic N) is 1. The zero-order chi connectivity index (χ0) is 19.6. The van der Waals surface area contributed by atoms with Crippen LogP contribution < -0.4 is 5.32 Å². The van der Waals surface area contributed by atoms with E-state index in [0.717, 1.165) is 27.1 Å². The van der Waals surface area contributed by atoms with Crippen molar-refractivity contribution in [1.82, 2.24) is 4.98 Å². The summed E-state index contributed by atoms with van der Waals surface area (Å²) in [5.74, 6) is -0.0354. The lowest BCUT2D eigenvalue weighted by Gasteiger charge is -2.16. The van der Waals surface area contributed by atoms with Crippen LogP contribution in [0, 0.1) is 20.8 Å². The number of hydrogen-bond donors (Lipinski definition) is 1. The second-order valence-electron chi connectivity index (χ2n) is 6.72. The molecule has 0 saturated heterocycles. The van der Waals surface area contributed by atoms with Crippen LogP contribution in [-0.2, 0) is 4.79 Å². The molecule has 27 heavy (non-hydrogen) atoms. The maximum absolute atomic E-state index is 12.8. The van der Waals surface area contributed by atoms with E-state index in [9.17, 15) is 4.79 Å². The molecule has 3 rings (SSSR count). The normalized spacial score (nSPS) is 12.2. The monoisotopic (exact) mass is 398 g/mol. The Bertz CT molecular complexity index is 1000. The number of carbonyl (C=O) groups is 1. The Morgan fingerprint density at radius 3 is 2.59 bits per heavy atom. The second kappa shape index (κ2) is 8.32. The van der Waals surface area contributed by atoms with Gasteiger partial charge in [-0.05, 0) is 62.1 Å². The van der Waals surface area contributed by atoms with Gasteiger partial charge < -0.3 is 5.32 Å². The van der Waals surface area contributed by atoms with Crippen molar-refractivity contribution >= 4 is 45.9 Å². The van der Waals surface area contributed by atoms with Crippen LogP contribution in [0.2, 0.25) is 5.02 Å². The Labute approximate surface area is 169 Å². The molecule has 0 aliphatic rings. The zero-order valence-corrected chi connectivity index (χ0v) is 17.5. The van der Waals surface area contributed by atoms with Crippen molar-refractivity contribution in [3.05, 3.63) is 64.2 Å². The van der Waals surface area contributed by atoms with Gasteiger partial charge in [-0.3, -0.25) is 4.79 Å². The van der Waals surface area contributed by atoms with Crippen molar-refractivity contribution in [1.29, 1.82) is 0 Å². The third-order valence-electron chi connectivity index (χ3n) is 4.59. The summed E-state index contributed by atoms with van der Waals surface area (Å²) in [5.41, 5.74) is 5.02. The van der Waals surface area contributed by atoms with Gasteiger partial charge in [0.1, 0.15) is 0 Å². The number of carbonyl (C=O) groups excluding carboxylic acids is 1. The third-order valence-corrected chi connectivity index (χ3v) is 6.28. The first kappa shape index (κ1) is 19.7. The summed E-state index contributed by atoms with van der Waals surface area (Å²) in [4.78, 5) is 17.6. The predicted octanol–water partition coefficient (Wildman–Crippen LogP) is 6.32. The number of rotatable bonds is 5. The van der Waals surface area contributed by atoms with E-state index in [-0.39, 0.29) is 11.2 Å². The molecule has 140 valence electrons. The van der Waals surface area contributed by atoms with Gasteiger partial charge in [-0.2, -0.15) is 0 Å². The maximum atomic E-state index is 12.8. The van der Waals surface area contributed by atoms with Crippen LogP contribution in [0.15, 0.2) is 47.5 Å². The van der Waals surface area contributed by atoms with E-state index in [1.54, 1.807) is 6.07 Å². The molecule has 0 bridgehead atoms. The number of pyridine rings is 1. The topological polar surface area (TPSA) is 42.0 Å². The molecule has 3 aromatic rings. The number of benzene rings is 2. The van der Waals surface area contributed by atoms with Crippen LogP contribution >= 0.6 is 23.4 Å². The van der Waals surface area contributed by atoms with Gasteiger partial charge in [0.05, 0.1) is 15.8 Å². The predicted molar refractivity (Wildman–Crippen MR) is 116 cm³/mol. The fourth-order valence-electron chi connectivity index (χ4n) is 2.95. The summed E-state index contributed by atoms with van der Waals surface area (Å²) in [6, 6.07) is 13.8. The minimum Gasteiger partial charge on any atom is -0.325 e. The molecule has 0 saturated carbocycles. The van der Waals surface area contributed by atoms with Crippen LogP contribution in [-0.4, -0.2) is 16.1 Å². The maximum Gasteiger partial charge on any atom is 0.237 e. The van der Waals surface area contributed by atoms with Gasteiger partial charge in [-0.15, -0.1) is 0 Å². The van der Waals surface area contributed by atoms with Crippen LogP contribution in [0.4, 0.5) is 5.69 Å². The molecule has 1 heterocycles.